The molecular weight excluding hydrogens is 262 g/mol. The quantitative estimate of drug-likeness (QED) is 0.699. The summed E-state index contributed by atoms with van der Waals surface area (Å²) in [5.74, 6) is -1.09. The molecule has 2 N–H and O–H groups in total. The molecule has 2 atom stereocenters. The molecule has 0 spiro atoms. The van der Waals surface area contributed by atoms with Crippen LogP contribution in [-0.4, -0.2) is 79.4 Å². The molecule has 1 heterocycles. The highest BCUT2D eigenvalue weighted by Crippen LogP contribution is 2.17. The maximum atomic E-state index is 12.0. The molecule has 0 bridgehead atoms. The molecule has 0 aliphatic carbocycles. The molecule has 1 saturated heterocycles. The lowest BCUT2D eigenvalue weighted by atomic mass is 10.2. The first-order chi connectivity index (χ1) is 9.49. The lowest BCUT2D eigenvalue weighted by Gasteiger charge is -2.28. The highest BCUT2D eigenvalue weighted by atomic mass is 16.5. The van der Waals surface area contributed by atoms with Crippen LogP contribution in [0.1, 0.15) is 19.8 Å². The molecule has 116 valence electrons. The second-order valence-electron chi connectivity index (χ2n) is 5.10. The van der Waals surface area contributed by atoms with Crippen molar-refractivity contribution in [2.75, 3.05) is 40.4 Å². The van der Waals surface area contributed by atoms with E-state index in [9.17, 15) is 9.59 Å². The Kier molecular flexibility index (Phi) is 6.74. The Morgan fingerprint density at radius 1 is 1.55 bits per heavy atom. The zero-order valence-electron chi connectivity index (χ0n) is 12.5. The predicted octanol–water partition coefficient (Wildman–Crippen LogP) is 0.212. The van der Waals surface area contributed by atoms with Crippen molar-refractivity contribution in [3.05, 3.63) is 0 Å². The summed E-state index contributed by atoms with van der Waals surface area (Å²) in [6.07, 6.45) is 2.22. The Bertz CT molecular complexity index is 338. The third kappa shape index (κ3) is 4.64. The number of ether oxygens (including phenoxy) is 1. The van der Waals surface area contributed by atoms with Gasteiger partial charge in [0.1, 0.15) is 0 Å². The Labute approximate surface area is 119 Å². The van der Waals surface area contributed by atoms with Crippen LogP contribution in [0.25, 0.3) is 0 Å². The summed E-state index contributed by atoms with van der Waals surface area (Å²) in [5, 5.41) is 11.4. The van der Waals surface area contributed by atoms with Gasteiger partial charge in [-0.2, -0.15) is 0 Å². The van der Waals surface area contributed by atoms with Crippen molar-refractivity contribution in [3.8, 4) is 0 Å². The maximum Gasteiger partial charge on any atom is 0.328 e. The van der Waals surface area contributed by atoms with Crippen molar-refractivity contribution < 1.29 is 19.4 Å². The highest BCUT2D eigenvalue weighted by molar-refractivity contribution is 5.82. The number of carboxylic acid groups (broad SMARTS) is 1. The Morgan fingerprint density at radius 3 is 2.80 bits per heavy atom. The largest absolute Gasteiger partial charge is 0.480 e. The van der Waals surface area contributed by atoms with Crippen LogP contribution >= 0.6 is 0 Å². The van der Waals surface area contributed by atoms with E-state index >= 15 is 0 Å². The highest BCUT2D eigenvalue weighted by Gasteiger charge is 2.27. The molecule has 20 heavy (non-hydrogen) atoms. The third-order valence-electron chi connectivity index (χ3n) is 3.67. The number of hydrogen-bond acceptors (Lipinski definition) is 4. The number of hydrogen-bond donors (Lipinski definition) is 2. The number of carboxylic acids is 1. The Balaban J connectivity index is 2.47. The van der Waals surface area contributed by atoms with Gasteiger partial charge in [-0.25, -0.2) is 9.59 Å². The molecule has 7 heteroatoms. The number of urea groups is 1. The van der Waals surface area contributed by atoms with E-state index in [1.54, 1.807) is 11.9 Å². The first-order valence-corrected chi connectivity index (χ1v) is 6.97. The first-order valence-electron chi connectivity index (χ1n) is 6.97. The first kappa shape index (κ1) is 16.7. The smallest absolute Gasteiger partial charge is 0.328 e. The molecule has 2 amide bonds. The summed E-state index contributed by atoms with van der Waals surface area (Å²) >= 11 is 0. The second-order valence-corrected chi connectivity index (χ2v) is 5.10. The molecule has 2 unspecified atom stereocenters. The minimum Gasteiger partial charge on any atom is -0.480 e. The van der Waals surface area contributed by atoms with Crippen molar-refractivity contribution in [1.29, 1.82) is 0 Å². The summed E-state index contributed by atoms with van der Waals surface area (Å²) in [6.45, 7) is 4.72. The number of carbonyl (C=O) groups excluding carboxylic acids is 1. The predicted molar refractivity (Wildman–Crippen MR) is 74.7 cm³/mol. The van der Waals surface area contributed by atoms with E-state index in [-0.39, 0.29) is 12.6 Å². The summed E-state index contributed by atoms with van der Waals surface area (Å²) in [5.41, 5.74) is 0. The average molecular weight is 287 g/mol. The van der Waals surface area contributed by atoms with Crippen LogP contribution in [0.15, 0.2) is 0 Å². The van der Waals surface area contributed by atoms with Gasteiger partial charge in [0.2, 0.25) is 0 Å². The van der Waals surface area contributed by atoms with Crippen LogP contribution in [0.2, 0.25) is 0 Å². The van der Waals surface area contributed by atoms with Crippen molar-refractivity contribution in [2.24, 2.45) is 0 Å². The van der Waals surface area contributed by atoms with E-state index in [1.165, 1.54) is 7.11 Å². The van der Waals surface area contributed by atoms with Crippen LogP contribution < -0.4 is 5.32 Å². The maximum absolute atomic E-state index is 12.0. The van der Waals surface area contributed by atoms with E-state index in [2.05, 4.69) is 17.1 Å². The fourth-order valence-electron chi connectivity index (χ4n) is 2.52. The van der Waals surface area contributed by atoms with Gasteiger partial charge >= 0.3 is 12.0 Å². The third-order valence-corrected chi connectivity index (χ3v) is 3.67. The van der Waals surface area contributed by atoms with Crippen molar-refractivity contribution in [3.63, 3.8) is 0 Å². The average Bonchev–Trinajstić information content (AvgIpc) is 2.85. The van der Waals surface area contributed by atoms with E-state index in [4.69, 9.17) is 9.84 Å². The van der Waals surface area contributed by atoms with E-state index < -0.39 is 12.0 Å². The van der Waals surface area contributed by atoms with E-state index in [0.29, 0.717) is 12.6 Å². The zero-order chi connectivity index (χ0) is 15.1. The lowest BCUT2D eigenvalue weighted by Crippen LogP contribution is -2.51. The molecule has 1 aliphatic heterocycles. The summed E-state index contributed by atoms with van der Waals surface area (Å²) < 4.78 is 4.79. The van der Waals surface area contributed by atoms with Crippen LogP contribution in [0.3, 0.4) is 0 Å². The normalized spacial score (nSPS) is 20.6. The summed E-state index contributed by atoms with van der Waals surface area (Å²) in [7, 11) is 3.09. The number of likely N-dealkylation sites (N-methyl/N-ethyl adjacent to an activating group) is 2. The van der Waals surface area contributed by atoms with E-state index in [0.717, 1.165) is 25.9 Å². The van der Waals surface area contributed by atoms with Gasteiger partial charge in [0.25, 0.3) is 0 Å². The Hall–Kier alpha value is -1.34. The van der Waals surface area contributed by atoms with Gasteiger partial charge in [0, 0.05) is 26.7 Å². The number of aliphatic carboxylic acids is 1. The number of methoxy groups -OCH3 is 1. The van der Waals surface area contributed by atoms with Gasteiger partial charge < -0.3 is 20.1 Å². The molecule has 0 aromatic rings. The number of likely N-dealkylation sites (tertiary alicyclic amines) is 1. The molecule has 1 aliphatic rings. The number of amides is 2. The molecule has 0 aromatic heterocycles. The number of rotatable bonds is 7. The SMILES string of the molecule is CCN1CCCC1CN(C)C(=O)NC(COC)C(=O)O. The lowest BCUT2D eigenvalue weighted by molar-refractivity contribution is -0.140. The zero-order valence-corrected chi connectivity index (χ0v) is 12.5. The molecule has 1 fully saturated rings. The van der Waals surface area contributed by atoms with Gasteiger partial charge in [-0.05, 0) is 25.9 Å². The van der Waals surface area contributed by atoms with Crippen molar-refractivity contribution in [2.45, 2.75) is 31.8 Å². The number of nitrogens with one attached hydrogen (secondary N) is 1. The van der Waals surface area contributed by atoms with E-state index in [1.807, 2.05) is 0 Å². The molecular formula is C13H25N3O4. The molecule has 0 aromatic carbocycles. The monoisotopic (exact) mass is 287 g/mol. The van der Waals surface area contributed by atoms with Crippen LogP contribution in [0, 0.1) is 0 Å². The van der Waals surface area contributed by atoms with Crippen LogP contribution in [0.5, 0.6) is 0 Å². The molecule has 1 rings (SSSR count). The number of carbonyl (C=O) groups is 2. The van der Waals surface area contributed by atoms with Crippen molar-refractivity contribution in [1.82, 2.24) is 15.1 Å². The molecule has 0 saturated carbocycles. The van der Waals surface area contributed by atoms with Gasteiger partial charge in [-0.15, -0.1) is 0 Å². The summed E-state index contributed by atoms with van der Waals surface area (Å²) in [6, 6.07) is -1.03. The summed E-state index contributed by atoms with van der Waals surface area (Å²) in [4.78, 5) is 26.8. The fraction of sp³-hybridized carbons (Fsp3) is 0.846. The Morgan fingerprint density at radius 2 is 2.25 bits per heavy atom. The molecule has 0 radical (unpaired) electrons. The van der Waals surface area contributed by atoms with Gasteiger partial charge in [-0.1, -0.05) is 6.92 Å². The standard InChI is InChI=1S/C13H25N3O4/c1-4-16-7-5-6-10(16)8-15(2)13(19)14-11(9-20-3)12(17)18/h10-11H,4-9H2,1-3H3,(H,14,19)(H,17,18). The van der Waals surface area contributed by atoms with Crippen LogP contribution in [0.4, 0.5) is 4.79 Å². The minimum atomic E-state index is -1.09. The topological polar surface area (TPSA) is 82.1 Å². The fourth-order valence-corrected chi connectivity index (χ4v) is 2.52. The minimum absolute atomic E-state index is 0.0422. The van der Waals surface area contributed by atoms with Gasteiger partial charge in [0.05, 0.1) is 6.61 Å². The second kappa shape index (κ2) is 8.06. The van der Waals surface area contributed by atoms with Crippen LogP contribution in [-0.2, 0) is 9.53 Å². The number of nitrogens with zero attached hydrogens (tertiary/aromatic N) is 2. The van der Waals surface area contributed by atoms with Gasteiger partial charge in [0.15, 0.2) is 6.04 Å². The molecule has 7 nitrogen and oxygen atoms in total. The van der Waals surface area contributed by atoms with Gasteiger partial charge in [-0.3, -0.25) is 4.90 Å². The van der Waals surface area contributed by atoms with Crippen molar-refractivity contribution >= 4 is 12.0 Å².